The fourth-order valence-electron chi connectivity index (χ4n) is 0.943. The van der Waals surface area contributed by atoms with Gasteiger partial charge in [-0.1, -0.05) is 26.2 Å². The molecule has 2 heteroatoms. The highest BCUT2D eigenvalue weighted by atomic mass is 16.1. The molecule has 1 N–H and O–H groups in total. The summed E-state index contributed by atoms with van der Waals surface area (Å²) in [6, 6.07) is -0.517. The van der Waals surface area contributed by atoms with E-state index in [0.29, 0.717) is 6.42 Å². The van der Waals surface area contributed by atoms with Crippen LogP contribution in [0.3, 0.4) is 0 Å². The first-order valence-electron chi connectivity index (χ1n) is 4.42. The lowest BCUT2D eigenvalue weighted by atomic mass is 10.1. The van der Waals surface area contributed by atoms with Crippen LogP contribution in [0.4, 0.5) is 0 Å². The smallest absolute Gasteiger partial charge is 0.150 e. The molecule has 0 aliphatic heterocycles. The van der Waals surface area contributed by atoms with Crippen LogP contribution in [0.2, 0.25) is 0 Å². The van der Waals surface area contributed by atoms with Crippen molar-refractivity contribution in [3.63, 3.8) is 0 Å². The number of unbranched alkanes of at least 4 members (excludes halogenated alkanes) is 3. The Morgan fingerprint density at radius 3 is 2.45 bits per heavy atom. The molecule has 0 saturated heterocycles. The second-order valence-corrected chi connectivity index (χ2v) is 3.00. The third kappa shape index (κ3) is 6.05. The molecule has 0 amide bonds. The zero-order valence-electron chi connectivity index (χ0n) is 7.52. The number of carbonyl (C=O) groups excluding carboxylic acids is 1. The number of carbonyl (C=O) groups is 1. The highest BCUT2D eigenvalue weighted by Crippen LogP contribution is 2.03. The van der Waals surface area contributed by atoms with Gasteiger partial charge in [0.1, 0.15) is 0 Å². The SMILES string of the molecule is CCCCCCC(=O)C(C)[NH]. The summed E-state index contributed by atoms with van der Waals surface area (Å²) in [7, 11) is 0. The Morgan fingerprint density at radius 2 is 2.00 bits per heavy atom. The predicted molar refractivity (Wildman–Crippen MR) is 46.3 cm³/mol. The van der Waals surface area contributed by atoms with Crippen LogP contribution in [0.5, 0.6) is 0 Å². The Morgan fingerprint density at radius 1 is 1.36 bits per heavy atom. The van der Waals surface area contributed by atoms with Crippen LogP contribution in [0, 0.1) is 0 Å². The van der Waals surface area contributed by atoms with Crippen molar-refractivity contribution in [3.8, 4) is 0 Å². The van der Waals surface area contributed by atoms with E-state index in [1.165, 1.54) is 12.8 Å². The van der Waals surface area contributed by atoms with Crippen molar-refractivity contribution in [2.45, 2.75) is 52.0 Å². The second-order valence-electron chi connectivity index (χ2n) is 3.00. The molecule has 1 atom stereocenters. The Balaban J connectivity index is 3.18. The summed E-state index contributed by atoms with van der Waals surface area (Å²) in [6.07, 6.45) is 5.11. The van der Waals surface area contributed by atoms with Crippen LogP contribution in [0.15, 0.2) is 0 Å². The van der Waals surface area contributed by atoms with Crippen molar-refractivity contribution in [1.82, 2.24) is 5.73 Å². The van der Waals surface area contributed by atoms with Crippen LogP contribution >= 0.6 is 0 Å². The predicted octanol–water partition coefficient (Wildman–Crippen LogP) is 2.20. The van der Waals surface area contributed by atoms with Gasteiger partial charge in [0.15, 0.2) is 5.78 Å². The number of Topliss-reactive ketones (excluding diaryl/α,β-unsaturated/α-hetero) is 1. The maximum atomic E-state index is 10.9. The molecule has 11 heavy (non-hydrogen) atoms. The van der Waals surface area contributed by atoms with E-state index in [4.69, 9.17) is 5.73 Å². The number of hydrogen-bond donors (Lipinski definition) is 0. The van der Waals surface area contributed by atoms with Gasteiger partial charge in [0.05, 0.1) is 6.04 Å². The molecule has 0 rings (SSSR count). The van der Waals surface area contributed by atoms with Gasteiger partial charge in [0.25, 0.3) is 0 Å². The normalized spacial score (nSPS) is 13.0. The summed E-state index contributed by atoms with van der Waals surface area (Å²) >= 11 is 0. The molecule has 0 bridgehead atoms. The zero-order valence-corrected chi connectivity index (χ0v) is 7.52. The average molecular weight is 156 g/mol. The molecule has 0 saturated carbocycles. The molecule has 0 aliphatic rings. The van der Waals surface area contributed by atoms with E-state index < -0.39 is 6.04 Å². The highest BCUT2D eigenvalue weighted by molar-refractivity contribution is 5.83. The van der Waals surface area contributed by atoms with Crippen LogP contribution < -0.4 is 5.73 Å². The summed E-state index contributed by atoms with van der Waals surface area (Å²) in [5, 5.41) is 0. The number of nitrogens with one attached hydrogen (secondary N) is 1. The molecule has 1 unspecified atom stereocenters. The Labute approximate surface area is 69.2 Å². The molecule has 0 aromatic heterocycles. The minimum absolute atomic E-state index is 0.0844. The first-order chi connectivity index (χ1) is 5.18. The Hall–Kier alpha value is -0.370. The van der Waals surface area contributed by atoms with Gasteiger partial charge in [-0.15, -0.1) is 0 Å². The van der Waals surface area contributed by atoms with Crippen molar-refractivity contribution in [2.75, 3.05) is 0 Å². The average Bonchev–Trinajstić information content (AvgIpc) is 1.97. The van der Waals surface area contributed by atoms with Gasteiger partial charge in [0.2, 0.25) is 0 Å². The van der Waals surface area contributed by atoms with Crippen molar-refractivity contribution < 1.29 is 4.79 Å². The summed E-state index contributed by atoms with van der Waals surface area (Å²) in [6.45, 7) is 3.79. The third-order valence-electron chi connectivity index (χ3n) is 1.76. The van der Waals surface area contributed by atoms with E-state index in [0.717, 1.165) is 12.8 Å². The molecule has 0 fully saturated rings. The van der Waals surface area contributed by atoms with Crippen molar-refractivity contribution in [2.24, 2.45) is 0 Å². The molecule has 0 spiro atoms. The van der Waals surface area contributed by atoms with Crippen LogP contribution in [0.25, 0.3) is 0 Å². The number of rotatable bonds is 6. The summed E-state index contributed by atoms with van der Waals surface area (Å²) in [5.74, 6) is 0.0844. The Kier molecular flexibility index (Phi) is 6.13. The van der Waals surface area contributed by atoms with Gasteiger partial charge in [-0.3, -0.25) is 4.79 Å². The monoisotopic (exact) mass is 156 g/mol. The first kappa shape index (κ1) is 10.6. The minimum Gasteiger partial charge on any atom is -0.298 e. The van der Waals surface area contributed by atoms with Gasteiger partial charge in [-0.2, -0.15) is 0 Å². The zero-order chi connectivity index (χ0) is 8.69. The molecule has 2 nitrogen and oxygen atoms in total. The maximum absolute atomic E-state index is 10.9. The van der Waals surface area contributed by atoms with Crippen LogP contribution in [-0.4, -0.2) is 11.8 Å². The summed E-state index contributed by atoms with van der Waals surface area (Å²) in [4.78, 5) is 10.9. The molecule has 0 aromatic rings. The largest absolute Gasteiger partial charge is 0.298 e. The molecule has 65 valence electrons. The van der Waals surface area contributed by atoms with Gasteiger partial charge < -0.3 is 0 Å². The summed E-state index contributed by atoms with van der Waals surface area (Å²) in [5.41, 5.74) is 7.11. The van der Waals surface area contributed by atoms with Crippen LogP contribution in [-0.2, 0) is 4.79 Å². The molecular weight excluding hydrogens is 138 g/mol. The molecule has 0 aliphatic carbocycles. The fourth-order valence-corrected chi connectivity index (χ4v) is 0.943. The quantitative estimate of drug-likeness (QED) is 0.543. The maximum Gasteiger partial charge on any atom is 0.150 e. The van der Waals surface area contributed by atoms with E-state index in [1.54, 1.807) is 6.92 Å². The van der Waals surface area contributed by atoms with Crippen molar-refractivity contribution in [3.05, 3.63) is 0 Å². The second kappa shape index (κ2) is 6.35. The lowest BCUT2D eigenvalue weighted by Gasteiger charge is -2.01. The topological polar surface area (TPSA) is 40.9 Å². The van der Waals surface area contributed by atoms with E-state index in [1.807, 2.05) is 0 Å². The van der Waals surface area contributed by atoms with Gasteiger partial charge >= 0.3 is 0 Å². The first-order valence-corrected chi connectivity index (χ1v) is 4.42. The lowest BCUT2D eigenvalue weighted by molar-refractivity contribution is -0.120. The van der Waals surface area contributed by atoms with E-state index >= 15 is 0 Å². The van der Waals surface area contributed by atoms with Gasteiger partial charge in [0, 0.05) is 6.42 Å². The van der Waals surface area contributed by atoms with Crippen molar-refractivity contribution >= 4 is 5.78 Å². The van der Waals surface area contributed by atoms with Crippen molar-refractivity contribution in [1.29, 1.82) is 0 Å². The molecule has 0 heterocycles. The standard InChI is InChI=1S/C9H18NO/c1-3-4-5-6-7-9(11)8(2)10/h8,10H,3-7H2,1-2H3. The number of ketones is 1. The fraction of sp³-hybridized carbons (Fsp3) is 0.889. The number of hydrogen-bond acceptors (Lipinski definition) is 1. The molecular formula is C9H18NO. The summed E-state index contributed by atoms with van der Waals surface area (Å²) < 4.78 is 0. The van der Waals surface area contributed by atoms with Gasteiger partial charge in [-0.05, 0) is 13.3 Å². The van der Waals surface area contributed by atoms with Crippen LogP contribution in [0.1, 0.15) is 46.0 Å². The minimum atomic E-state index is -0.517. The highest BCUT2D eigenvalue weighted by Gasteiger charge is 2.06. The Bertz CT molecular complexity index is 110. The van der Waals surface area contributed by atoms with Gasteiger partial charge in [-0.25, -0.2) is 5.73 Å². The lowest BCUT2D eigenvalue weighted by Crippen LogP contribution is -2.17. The van der Waals surface area contributed by atoms with E-state index in [-0.39, 0.29) is 5.78 Å². The van der Waals surface area contributed by atoms with E-state index in [2.05, 4.69) is 6.92 Å². The third-order valence-corrected chi connectivity index (χ3v) is 1.76. The molecule has 0 aromatic carbocycles. The van der Waals surface area contributed by atoms with E-state index in [9.17, 15) is 4.79 Å². The molecule has 1 radical (unpaired) electrons.